The SMILES string of the molecule is C.CNC(=O)c1c[nH]c(C)cc1=O. The topological polar surface area (TPSA) is 62.0 Å². The van der Waals surface area contributed by atoms with Crippen LogP contribution in [0, 0.1) is 6.92 Å². The van der Waals surface area contributed by atoms with Crippen molar-refractivity contribution in [1.29, 1.82) is 0 Å². The van der Waals surface area contributed by atoms with Crippen LogP contribution in [-0.4, -0.2) is 17.9 Å². The smallest absolute Gasteiger partial charge is 0.256 e. The molecule has 0 aromatic carbocycles. The van der Waals surface area contributed by atoms with E-state index in [0.29, 0.717) is 0 Å². The minimum Gasteiger partial charge on any atom is -0.364 e. The minimum absolute atomic E-state index is 0. The predicted octanol–water partition coefficient (Wildman–Crippen LogP) is 0.679. The molecule has 0 bridgehead atoms. The molecule has 4 nitrogen and oxygen atoms in total. The fourth-order valence-corrected chi connectivity index (χ4v) is 0.885. The lowest BCUT2D eigenvalue weighted by molar-refractivity contribution is 0.0961. The summed E-state index contributed by atoms with van der Waals surface area (Å²) in [5, 5.41) is 2.38. The molecule has 2 N–H and O–H groups in total. The van der Waals surface area contributed by atoms with E-state index in [9.17, 15) is 9.59 Å². The second kappa shape index (κ2) is 4.45. The first kappa shape index (κ1) is 11.4. The summed E-state index contributed by atoms with van der Waals surface area (Å²) < 4.78 is 0. The number of hydrogen-bond donors (Lipinski definition) is 2. The van der Waals surface area contributed by atoms with Gasteiger partial charge in [-0.3, -0.25) is 9.59 Å². The van der Waals surface area contributed by atoms with Gasteiger partial charge in [0.1, 0.15) is 5.56 Å². The summed E-state index contributed by atoms with van der Waals surface area (Å²) in [6, 6.07) is 1.39. The molecule has 1 aromatic heterocycles. The van der Waals surface area contributed by atoms with Crippen molar-refractivity contribution < 1.29 is 4.79 Å². The number of carbonyl (C=O) groups is 1. The van der Waals surface area contributed by atoms with Gasteiger partial charge in [-0.05, 0) is 6.92 Å². The molecule has 4 heteroatoms. The van der Waals surface area contributed by atoms with Gasteiger partial charge in [0.25, 0.3) is 5.91 Å². The van der Waals surface area contributed by atoms with Crippen LogP contribution in [0.15, 0.2) is 17.1 Å². The summed E-state index contributed by atoms with van der Waals surface area (Å²) in [4.78, 5) is 25.0. The maximum Gasteiger partial charge on any atom is 0.256 e. The Kier molecular flexibility index (Phi) is 3.91. The lowest BCUT2D eigenvalue weighted by Crippen LogP contribution is -2.25. The molecule has 0 aliphatic rings. The molecule has 0 fully saturated rings. The van der Waals surface area contributed by atoms with Crippen molar-refractivity contribution in [3.05, 3.63) is 33.7 Å². The van der Waals surface area contributed by atoms with Gasteiger partial charge in [-0.25, -0.2) is 0 Å². The van der Waals surface area contributed by atoms with Crippen LogP contribution in [0.1, 0.15) is 23.5 Å². The third-order valence-electron chi connectivity index (χ3n) is 1.53. The van der Waals surface area contributed by atoms with Gasteiger partial charge < -0.3 is 10.3 Å². The van der Waals surface area contributed by atoms with Gasteiger partial charge in [0, 0.05) is 25.0 Å². The Labute approximate surface area is 77.0 Å². The number of rotatable bonds is 1. The van der Waals surface area contributed by atoms with Crippen LogP contribution in [0.5, 0.6) is 0 Å². The first-order valence-corrected chi connectivity index (χ1v) is 3.56. The van der Waals surface area contributed by atoms with Crippen LogP contribution < -0.4 is 10.7 Å². The van der Waals surface area contributed by atoms with Crippen molar-refractivity contribution in [2.24, 2.45) is 0 Å². The fraction of sp³-hybridized carbons (Fsp3) is 0.333. The van der Waals surface area contributed by atoms with Crippen LogP contribution >= 0.6 is 0 Å². The average Bonchev–Trinajstić information content (AvgIpc) is 2.03. The number of aryl methyl sites for hydroxylation is 1. The molecule has 0 spiro atoms. The van der Waals surface area contributed by atoms with E-state index in [1.165, 1.54) is 19.3 Å². The second-order valence-electron chi connectivity index (χ2n) is 2.47. The standard InChI is InChI=1S/C8H10N2O2.CH4/c1-5-3-7(11)6(4-10-5)8(12)9-2;/h3-4H,1-2H3,(H,9,12)(H,10,11);1H4. The number of aromatic amines is 1. The number of carbonyl (C=O) groups excluding carboxylic acids is 1. The van der Waals surface area contributed by atoms with Crippen molar-refractivity contribution in [2.75, 3.05) is 7.05 Å². The maximum absolute atomic E-state index is 11.2. The van der Waals surface area contributed by atoms with Crippen molar-refractivity contribution in [2.45, 2.75) is 14.4 Å². The number of pyridine rings is 1. The van der Waals surface area contributed by atoms with E-state index < -0.39 is 0 Å². The van der Waals surface area contributed by atoms with Gasteiger partial charge in [0.05, 0.1) is 0 Å². The van der Waals surface area contributed by atoms with Crippen LogP contribution in [0.25, 0.3) is 0 Å². The molecule has 1 amide bonds. The quantitative estimate of drug-likeness (QED) is 0.670. The molecule has 72 valence electrons. The molecule has 0 saturated heterocycles. The molecular weight excluding hydrogens is 168 g/mol. The number of aromatic nitrogens is 1. The van der Waals surface area contributed by atoms with Gasteiger partial charge in [-0.2, -0.15) is 0 Å². The van der Waals surface area contributed by atoms with Crippen molar-refractivity contribution >= 4 is 5.91 Å². The molecule has 0 atom stereocenters. The number of nitrogens with one attached hydrogen (secondary N) is 2. The van der Waals surface area contributed by atoms with Gasteiger partial charge in [0.15, 0.2) is 5.43 Å². The maximum atomic E-state index is 11.2. The third-order valence-corrected chi connectivity index (χ3v) is 1.53. The summed E-state index contributed by atoms with van der Waals surface area (Å²) in [5.74, 6) is -0.365. The Morgan fingerprint density at radius 2 is 2.15 bits per heavy atom. The molecule has 13 heavy (non-hydrogen) atoms. The lowest BCUT2D eigenvalue weighted by Gasteiger charge is -1.98. The van der Waals surface area contributed by atoms with Gasteiger partial charge >= 0.3 is 0 Å². The Hall–Kier alpha value is -1.58. The van der Waals surface area contributed by atoms with Crippen LogP contribution in [-0.2, 0) is 0 Å². The zero-order valence-corrected chi connectivity index (χ0v) is 6.97. The number of H-pyrrole nitrogens is 1. The van der Waals surface area contributed by atoms with E-state index in [2.05, 4.69) is 10.3 Å². The average molecular weight is 182 g/mol. The summed E-state index contributed by atoms with van der Waals surface area (Å²) in [7, 11) is 1.49. The molecule has 0 saturated carbocycles. The van der Waals surface area contributed by atoms with Gasteiger partial charge in [-0.15, -0.1) is 0 Å². The highest BCUT2D eigenvalue weighted by Crippen LogP contribution is 1.90. The molecule has 1 heterocycles. The number of hydrogen-bond acceptors (Lipinski definition) is 2. The lowest BCUT2D eigenvalue weighted by atomic mass is 10.2. The molecule has 1 aromatic rings. The molecule has 0 aliphatic carbocycles. The first-order chi connectivity index (χ1) is 5.65. The van der Waals surface area contributed by atoms with E-state index in [-0.39, 0.29) is 24.3 Å². The van der Waals surface area contributed by atoms with E-state index in [0.717, 1.165) is 5.69 Å². The zero-order valence-electron chi connectivity index (χ0n) is 6.97. The molecule has 1 rings (SSSR count). The van der Waals surface area contributed by atoms with Crippen LogP contribution in [0.2, 0.25) is 0 Å². The van der Waals surface area contributed by atoms with E-state index in [1.54, 1.807) is 6.92 Å². The van der Waals surface area contributed by atoms with E-state index in [4.69, 9.17) is 0 Å². The largest absolute Gasteiger partial charge is 0.364 e. The molecule has 0 radical (unpaired) electrons. The highest BCUT2D eigenvalue weighted by Gasteiger charge is 2.06. The Balaban J connectivity index is 0.00000144. The second-order valence-corrected chi connectivity index (χ2v) is 2.47. The normalized spacial score (nSPS) is 8.77. The summed E-state index contributed by atoms with van der Waals surface area (Å²) in [6.07, 6.45) is 1.41. The van der Waals surface area contributed by atoms with Crippen molar-refractivity contribution in [3.8, 4) is 0 Å². The molecule has 0 aliphatic heterocycles. The summed E-state index contributed by atoms with van der Waals surface area (Å²) in [6.45, 7) is 1.76. The highest BCUT2D eigenvalue weighted by molar-refractivity contribution is 5.93. The molecular formula is C9H14N2O2. The summed E-state index contributed by atoms with van der Waals surface area (Å²) in [5.41, 5.74) is 0.626. The Morgan fingerprint density at radius 3 is 2.62 bits per heavy atom. The van der Waals surface area contributed by atoms with Gasteiger partial charge in [0.2, 0.25) is 0 Å². The van der Waals surface area contributed by atoms with Crippen molar-refractivity contribution in [3.63, 3.8) is 0 Å². The number of amides is 1. The van der Waals surface area contributed by atoms with Gasteiger partial charge in [-0.1, -0.05) is 7.43 Å². The van der Waals surface area contributed by atoms with Crippen molar-refractivity contribution in [1.82, 2.24) is 10.3 Å². The highest BCUT2D eigenvalue weighted by atomic mass is 16.2. The Morgan fingerprint density at radius 1 is 1.54 bits per heavy atom. The minimum atomic E-state index is -0.365. The van der Waals surface area contributed by atoms with Crippen LogP contribution in [0.4, 0.5) is 0 Å². The van der Waals surface area contributed by atoms with Crippen LogP contribution in [0.3, 0.4) is 0 Å². The zero-order chi connectivity index (χ0) is 9.14. The fourth-order valence-electron chi connectivity index (χ4n) is 0.885. The molecule has 0 unspecified atom stereocenters. The van der Waals surface area contributed by atoms with E-state index in [1.807, 2.05) is 0 Å². The van der Waals surface area contributed by atoms with E-state index >= 15 is 0 Å². The summed E-state index contributed by atoms with van der Waals surface area (Å²) >= 11 is 0. The monoisotopic (exact) mass is 182 g/mol. The predicted molar refractivity (Wildman–Crippen MR) is 51.9 cm³/mol. The Bertz CT molecular complexity index is 355. The first-order valence-electron chi connectivity index (χ1n) is 3.56. The third kappa shape index (κ3) is 2.43.